The van der Waals surface area contributed by atoms with Crippen LogP contribution in [0.1, 0.15) is 48.5 Å². The van der Waals surface area contributed by atoms with E-state index in [1.165, 1.54) is 11.1 Å². The highest BCUT2D eigenvalue weighted by atomic mass is 35.5. The van der Waals surface area contributed by atoms with Gasteiger partial charge in [-0.15, -0.1) is 0 Å². The number of benzene rings is 2. The lowest BCUT2D eigenvalue weighted by atomic mass is 10.0. The van der Waals surface area contributed by atoms with Gasteiger partial charge in [-0.3, -0.25) is 0 Å². The van der Waals surface area contributed by atoms with E-state index in [0.29, 0.717) is 17.8 Å². The highest BCUT2D eigenvalue weighted by Crippen LogP contribution is 2.38. The minimum Gasteiger partial charge on any atom is -0.508 e. The van der Waals surface area contributed by atoms with E-state index < -0.39 is 0 Å². The van der Waals surface area contributed by atoms with Crippen LogP contribution in [-0.4, -0.2) is 5.11 Å². The highest BCUT2D eigenvalue weighted by Gasteiger charge is 2.26. The van der Waals surface area contributed by atoms with Crippen LogP contribution in [0.3, 0.4) is 0 Å². The van der Waals surface area contributed by atoms with Crippen LogP contribution in [0.5, 0.6) is 5.75 Å². The normalized spacial score (nSPS) is 18.5. The first-order valence-corrected chi connectivity index (χ1v) is 7.89. The molecule has 2 unspecified atom stereocenters. The minimum atomic E-state index is 0.306. The Kier molecular flexibility index (Phi) is 4.18. The summed E-state index contributed by atoms with van der Waals surface area (Å²) >= 11 is 5.97. The summed E-state index contributed by atoms with van der Waals surface area (Å²) in [5.74, 6) is 0.427. The Bertz CT molecular complexity index is 624. The summed E-state index contributed by atoms with van der Waals surface area (Å²) in [5.41, 5.74) is 3.60. The van der Waals surface area contributed by atoms with Crippen molar-refractivity contribution in [2.24, 2.45) is 0 Å². The van der Waals surface area contributed by atoms with Gasteiger partial charge in [-0.25, -0.2) is 0 Å². The maximum absolute atomic E-state index is 9.95. The molecular formula is C18H20ClNO. The summed E-state index contributed by atoms with van der Waals surface area (Å²) in [6.45, 7) is 2.19. The van der Waals surface area contributed by atoms with Crippen molar-refractivity contribution in [1.29, 1.82) is 0 Å². The zero-order valence-electron chi connectivity index (χ0n) is 12.1. The average Bonchev–Trinajstić information content (AvgIpc) is 2.90. The number of rotatable bonds is 4. The average molecular weight is 302 g/mol. The predicted molar refractivity (Wildman–Crippen MR) is 86.8 cm³/mol. The molecule has 2 N–H and O–H groups in total. The molecule has 3 rings (SSSR count). The second kappa shape index (κ2) is 6.08. The van der Waals surface area contributed by atoms with E-state index in [1.54, 1.807) is 6.07 Å². The Morgan fingerprint density at radius 2 is 2.00 bits per heavy atom. The zero-order valence-corrected chi connectivity index (χ0v) is 12.9. The maximum atomic E-state index is 9.95. The number of hydrogen-bond acceptors (Lipinski definition) is 2. The lowest BCUT2D eigenvalue weighted by Crippen LogP contribution is -2.24. The van der Waals surface area contributed by atoms with Gasteiger partial charge in [0.15, 0.2) is 0 Å². The second-order valence-electron chi connectivity index (χ2n) is 5.62. The zero-order chi connectivity index (χ0) is 14.8. The Morgan fingerprint density at radius 3 is 2.71 bits per heavy atom. The van der Waals surface area contributed by atoms with Crippen molar-refractivity contribution in [3.05, 3.63) is 64.2 Å². The van der Waals surface area contributed by atoms with Gasteiger partial charge in [0.2, 0.25) is 0 Å². The first-order valence-electron chi connectivity index (χ1n) is 7.51. The Balaban J connectivity index is 1.80. The Morgan fingerprint density at radius 1 is 1.24 bits per heavy atom. The molecule has 0 radical (unpaired) electrons. The Labute approximate surface area is 130 Å². The lowest BCUT2D eigenvalue weighted by Gasteiger charge is -2.23. The summed E-state index contributed by atoms with van der Waals surface area (Å²) in [5, 5.41) is 14.4. The van der Waals surface area contributed by atoms with Crippen molar-refractivity contribution in [3.8, 4) is 5.75 Å². The molecule has 0 heterocycles. The van der Waals surface area contributed by atoms with Crippen LogP contribution < -0.4 is 5.32 Å². The molecule has 1 aliphatic carbocycles. The van der Waals surface area contributed by atoms with Crippen LogP contribution in [0.15, 0.2) is 42.5 Å². The number of halogens is 1. The van der Waals surface area contributed by atoms with E-state index in [4.69, 9.17) is 11.6 Å². The van der Waals surface area contributed by atoms with E-state index in [9.17, 15) is 5.11 Å². The Hall–Kier alpha value is -1.51. The molecule has 0 spiro atoms. The fourth-order valence-electron chi connectivity index (χ4n) is 3.20. The quantitative estimate of drug-likeness (QED) is 0.852. The number of aromatic hydroxyl groups is 1. The highest BCUT2D eigenvalue weighted by molar-refractivity contribution is 6.30. The molecule has 2 aromatic carbocycles. The molecule has 1 aliphatic rings. The third-order valence-corrected chi connectivity index (χ3v) is 4.58. The van der Waals surface area contributed by atoms with Crippen LogP contribution in [0.4, 0.5) is 0 Å². The molecule has 0 saturated carbocycles. The van der Waals surface area contributed by atoms with Gasteiger partial charge >= 0.3 is 0 Å². The van der Waals surface area contributed by atoms with Gasteiger partial charge in [-0.1, -0.05) is 42.8 Å². The van der Waals surface area contributed by atoms with Crippen molar-refractivity contribution in [2.75, 3.05) is 0 Å². The van der Waals surface area contributed by atoms with Gasteiger partial charge in [0.25, 0.3) is 0 Å². The molecule has 0 fully saturated rings. The van der Waals surface area contributed by atoms with Gasteiger partial charge in [-0.05, 0) is 54.2 Å². The lowest BCUT2D eigenvalue weighted by molar-refractivity contribution is 0.433. The van der Waals surface area contributed by atoms with Gasteiger partial charge in [0.1, 0.15) is 5.75 Å². The largest absolute Gasteiger partial charge is 0.508 e. The minimum absolute atomic E-state index is 0.306. The maximum Gasteiger partial charge on any atom is 0.119 e. The molecule has 2 nitrogen and oxygen atoms in total. The summed E-state index contributed by atoms with van der Waals surface area (Å²) in [4.78, 5) is 0. The summed E-state index contributed by atoms with van der Waals surface area (Å²) < 4.78 is 0. The molecule has 2 atom stereocenters. The molecule has 0 bridgehead atoms. The predicted octanol–water partition coefficient (Wildman–Crippen LogP) is 4.77. The number of phenols is 1. The van der Waals surface area contributed by atoms with E-state index in [0.717, 1.165) is 29.8 Å². The van der Waals surface area contributed by atoms with Crippen molar-refractivity contribution in [1.82, 2.24) is 5.32 Å². The van der Waals surface area contributed by atoms with Gasteiger partial charge in [-0.2, -0.15) is 0 Å². The van der Waals surface area contributed by atoms with E-state index in [-0.39, 0.29) is 0 Å². The van der Waals surface area contributed by atoms with Crippen molar-refractivity contribution in [3.63, 3.8) is 0 Å². The number of fused-ring (bicyclic) bond motifs is 1. The first-order chi connectivity index (χ1) is 10.2. The van der Waals surface area contributed by atoms with Crippen molar-refractivity contribution >= 4 is 11.6 Å². The van der Waals surface area contributed by atoms with Gasteiger partial charge in [0.05, 0.1) is 0 Å². The molecule has 0 aromatic heterocycles. The monoisotopic (exact) mass is 301 g/mol. The molecule has 110 valence electrons. The van der Waals surface area contributed by atoms with Crippen molar-refractivity contribution < 1.29 is 5.11 Å². The fraction of sp³-hybridized carbons (Fsp3) is 0.333. The summed E-state index contributed by atoms with van der Waals surface area (Å²) in [6.07, 6.45) is 3.00. The number of hydrogen-bond donors (Lipinski definition) is 2. The first kappa shape index (κ1) is 14.4. The van der Waals surface area contributed by atoms with Crippen LogP contribution >= 0.6 is 11.6 Å². The smallest absolute Gasteiger partial charge is 0.119 e. The van der Waals surface area contributed by atoms with Crippen LogP contribution in [0.2, 0.25) is 5.02 Å². The molecular weight excluding hydrogens is 282 g/mol. The van der Waals surface area contributed by atoms with Crippen molar-refractivity contribution in [2.45, 2.75) is 38.3 Å². The molecule has 2 aromatic rings. The third kappa shape index (κ3) is 2.92. The molecule has 21 heavy (non-hydrogen) atoms. The summed E-state index contributed by atoms with van der Waals surface area (Å²) in [7, 11) is 0. The molecule has 0 amide bonds. The molecule has 3 heteroatoms. The van der Waals surface area contributed by atoms with E-state index in [1.807, 2.05) is 18.2 Å². The molecule has 0 aliphatic heterocycles. The topological polar surface area (TPSA) is 32.3 Å². The van der Waals surface area contributed by atoms with E-state index >= 15 is 0 Å². The number of phenolic OH excluding ortho intramolecular Hbond substituents is 1. The standard InChI is InChI=1S/C18H20ClNO/c1-2-16(12-6-8-13(19)9-7-12)20-17-11-10-15-14(17)4-3-5-18(15)21/h3-9,16-17,20-21H,2,10-11H2,1H3. The third-order valence-electron chi connectivity index (χ3n) is 4.33. The fourth-order valence-corrected chi connectivity index (χ4v) is 3.32. The van der Waals surface area contributed by atoms with Crippen LogP contribution in [-0.2, 0) is 6.42 Å². The second-order valence-corrected chi connectivity index (χ2v) is 6.05. The molecule has 0 saturated heterocycles. The van der Waals surface area contributed by atoms with Gasteiger partial charge in [0, 0.05) is 17.1 Å². The van der Waals surface area contributed by atoms with E-state index in [2.05, 4.69) is 30.4 Å². The summed E-state index contributed by atoms with van der Waals surface area (Å²) in [6, 6.07) is 14.5. The van der Waals surface area contributed by atoms with Gasteiger partial charge < -0.3 is 10.4 Å². The SMILES string of the molecule is CCC(NC1CCc2c(O)cccc21)c1ccc(Cl)cc1. The van der Waals surface area contributed by atoms with Crippen LogP contribution in [0, 0.1) is 0 Å². The van der Waals surface area contributed by atoms with Crippen LogP contribution in [0.25, 0.3) is 0 Å². The number of nitrogens with one attached hydrogen (secondary N) is 1.